The van der Waals surface area contributed by atoms with Crippen molar-refractivity contribution in [2.75, 3.05) is 6.54 Å². The van der Waals surface area contributed by atoms with Gasteiger partial charge in [0, 0.05) is 11.5 Å². The quantitative estimate of drug-likeness (QED) is 0.254. The molecule has 1 aromatic rings. The Kier molecular flexibility index (Phi) is 4.84. The number of carbonyl (C=O) groups is 1. The maximum atomic E-state index is 13.2. The van der Waals surface area contributed by atoms with Gasteiger partial charge in [-0.3, -0.25) is 4.79 Å². The van der Waals surface area contributed by atoms with Crippen molar-refractivity contribution in [3.05, 3.63) is 51.4 Å². The van der Waals surface area contributed by atoms with Gasteiger partial charge < -0.3 is 0 Å². The molecule has 0 atom stereocenters. The molecule has 0 bridgehead atoms. The molecule has 0 N–H and O–H groups in total. The zero-order chi connectivity index (χ0) is 12.7. The molecule has 0 unspecified atom stereocenters. The minimum Gasteiger partial charge on any atom is -0.298 e. The highest BCUT2D eigenvalue weighted by atomic mass is 19.1. The lowest BCUT2D eigenvalue weighted by molar-refractivity contribution is 0.111. The SMILES string of the molecule is [N-]=[N+]=NCCC=Cc1cc(F)c(C=O)c(F)c1. The Morgan fingerprint density at radius 1 is 1.35 bits per heavy atom. The van der Waals surface area contributed by atoms with Crippen molar-refractivity contribution in [1.82, 2.24) is 0 Å². The molecule has 0 aliphatic heterocycles. The number of rotatable bonds is 5. The first kappa shape index (κ1) is 12.9. The second kappa shape index (κ2) is 6.40. The number of carbonyl (C=O) groups excluding carboxylic acids is 1. The van der Waals surface area contributed by atoms with E-state index in [4.69, 9.17) is 5.53 Å². The molecule has 6 heteroatoms. The molecule has 0 saturated carbocycles. The number of nitrogens with zero attached hydrogens (tertiary/aromatic N) is 3. The maximum Gasteiger partial charge on any atom is 0.155 e. The standard InChI is InChI=1S/C11H9F2N3O/c12-10-5-8(3-1-2-4-15-16-14)6-11(13)9(10)7-17/h1,3,5-7H,2,4H2. The molecule has 1 aromatic carbocycles. The Bertz CT molecular complexity index is 470. The van der Waals surface area contributed by atoms with E-state index < -0.39 is 17.2 Å². The highest BCUT2D eigenvalue weighted by molar-refractivity contribution is 5.76. The number of hydrogen-bond donors (Lipinski definition) is 0. The van der Waals surface area contributed by atoms with E-state index in [0.29, 0.717) is 12.0 Å². The summed E-state index contributed by atoms with van der Waals surface area (Å²) in [6.45, 7) is 0.282. The van der Waals surface area contributed by atoms with Crippen LogP contribution in [-0.2, 0) is 0 Å². The van der Waals surface area contributed by atoms with Gasteiger partial charge in [-0.15, -0.1) is 0 Å². The van der Waals surface area contributed by atoms with Crippen LogP contribution in [-0.4, -0.2) is 12.8 Å². The Morgan fingerprint density at radius 3 is 2.53 bits per heavy atom. The van der Waals surface area contributed by atoms with Crippen molar-refractivity contribution in [1.29, 1.82) is 0 Å². The molecule has 0 aromatic heterocycles. The first-order chi connectivity index (χ1) is 8.19. The molecule has 0 fully saturated rings. The molecule has 0 spiro atoms. The zero-order valence-electron chi connectivity index (χ0n) is 8.81. The summed E-state index contributed by atoms with van der Waals surface area (Å²) in [7, 11) is 0. The molecule has 1 rings (SSSR count). The van der Waals surface area contributed by atoms with Crippen LogP contribution in [0.4, 0.5) is 8.78 Å². The van der Waals surface area contributed by atoms with Gasteiger partial charge in [0.05, 0.1) is 5.56 Å². The summed E-state index contributed by atoms with van der Waals surface area (Å²) in [6, 6.07) is 2.13. The van der Waals surface area contributed by atoms with E-state index in [1.54, 1.807) is 6.08 Å². The Balaban J connectivity index is 2.79. The third kappa shape index (κ3) is 3.70. The van der Waals surface area contributed by atoms with Crippen molar-refractivity contribution >= 4 is 12.4 Å². The molecule has 0 aliphatic rings. The van der Waals surface area contributed by atoms with Gasteiger partial charge in [0.2, 0.25) is 0 Å². The Labute approximate surface area is 96.2 Å². The second-order valence-corrected chi connectivity index (χ2v) is 3.16. The Hall–Kier alpha value is -2.20. The van der Waals surface area contributed by atoms with Crippen molar-refractivity contribution in [2.45, 2.75) is 6.42 Å². The van der Waals surface area contributed by atoms with Gasteiger partial charge in [0.1, 0.15) is 11.6 Å². The van der Waals surface area contributed by atoms with Crippen LogP contribution in [0.1, 0.15) is 22.3 Å². The smallest absolute Gasteiger partial charge is 0.155 e. The van der Waals surface area contributed by atoms with Crippen LogP contribution in [0.3, 0.4) is 0 Å². The lowest BCUT2D eigenvalue weighted by atomic mass is 10.1. The minimum absolute atomic E-state index is 0.139. The third-order valence-corrected chi connectivity index (χ3v) is 1.99. The van der Waals surface area contributed by atoms with E-state index in [-0.39, 0.29) is 12.8 Å². The van der Waals surface area contributed by atoms with Crippen LogP contribution in [0, 0.1) is 11.6 Å². The lowest BCUT2D eigenvalue weighted by Gasteiger charge is -1.99. The average molecular weight is 237 g/mol. The summed E-state index contributed by atoms with van der Waals surface area (Å²) in [4.78, 5) is 12.9. The van der Waals surface area contributed by atoms with Crippen molar-refractivity contribution < 1.29 is 13.6 Å². The van der Waals surface area contributed by atoms with Crippen LogP contribution in [0.15, 0.2) is 23.3 Å². The minimum atomic E-state index is -0.894. The highest BCUT2D eigenvalue weighted by Crippen LogP contribution is 2.14. The van der Waals surface area contributed by atoms with Crippen molar-refractivity contribution in [3.8, 4) is 0 Å². The van der Waals surface area contributed by atoms with Crippen molar-refractivity contribution in [2.24, 2.45) is 5.11 Å². The fourth-order valence-corrected chi connectivity index (χ4v) is 1.21. The van der Waals surface area contributed by atoms with E-state index in [1.165, 1.54) is 6.08 Å². The highest BCUT2D eigenvalue weighted by Gasteiger charge is 2.08. The summed E-state index contributed by atoms with van der Waals surface area (Å²) < 4.78 is 26.3. The zero-order valence-corrected chi connectivity index (χ0v) is 8.81. The fourth-order valence-electron chi connectivity index (χ4n) is 1.21. The largest absolute Gasteiger partial charge is 0.298 e. The summed E-state index contributed by atoms with van der Waals surface area (Å²) in [5, 5.41) is 3.30. The van der Waals surface area contributed by atoms with Gasteiger partial charge in [-0.25, -0.2) is 8.78 Å². The molecule has 4 nitrogen and oxygen atoms in total. The van der Waals surface area contributed by atoms with E-state index in [1.807, 2.05) is 0 Å². The lowest BCUT2D eigenvalue weighted by Crippen LogP contribution is -1.94. The van der Waals surface area contributed by atoms with Crippen LogP contribution >= 0.6 is 0 Å². The van der Waals surface area contributed by atoms with Crippen LogP contribution in [0.25, 0.3) is 16.5 Å². The van der Waals surface area contributed by atoms with Crippen LogP contribution in [0.5, 0.6) is 0 Å². The van der Waals surface area contributed by atoms with E-state index in [2.05, 4.69) is 10.0 Å². The summed E-state index contributed by atoms with van der Waals surface area (Å²) in [5.41, 5.74) is 7.75. The van der Waals surface area contributed by atoms with Crippen LogP contribution < -0.4 is 0 Å². The van der Waals surface area contributed by atoms with Gasteiger partial charge in [-0.1, -0.05) is 17.3 Å². The monoisotopic (exact) mass is 237 g/mol. The number of benzene rings is 1. The van der Waals surface area contributed by atoms with E-state index in [9.17, 15) is 13.6 Å². The number of hydrogen-bond acceptors (Lipinski definition) is 2. The molecular formula is C11H9F2N3O. The molecule has 0 aliphatic carbocycles. The van der Waals surface area contributed by atoms with Gasteiger partial charge in [0.25, 0.3) is 0 Å². The molecule has 0 amide bonds. The molecule has 17 heavy (non-hydrogen) atoms. The fraction of sp³-hybridized carbons (Fsp3) is 0.182. The molecule has 0 heterocycles. The molecule has 0 saturated heterocycles. The number of azide groups is 1. The average Bonchev–Trinajstić information content (AvgIpc) is 2.28. The van der Waals surface area contributed by atoms with E-state index in [0.717, 1.165) is 12.1 Å². The van der Waals surface area contributed by atoms with E-state index >= 15 is 0 Å². The molecule has 88 valence electrons. The third-order valence-electron chi connectivity index (χ3n) is 1.99. The molecule has 0 radical (unpaired) electrons. The van der Waals surface area contributed by atoms with Crippen molar-refractivity contribution in [3.63, 3.8) is 0 Å². The molecular weight excluding hydrogens is 228 g/mol. The first-order valence-corrected chi connectivity index (χ1v) is 4.80. The second-order valence-electron chi connectivity index (χ2n) is 3.16. The predicted molar refractivity (Wildman–Crippen MR) is 59.4 cm³/mol. The van der Waals surface area contributed by atoms with Gasteiger partial charge in [-0.2, -0.15) is 0 Å². The predicted octanol–water partition coefficient (Wildman–Crippen LogP) is 3.49. The van der Waals surface area contributed by atoms with Gasteiger partial charge in [0.15, 0.2) is 6.29 Å². The summed E-state index contributed by atoms with van der Waals surface area (Å²) >= 11 is 0. The number of aldehydes is 1. The number of halogens is 2. The normalized spacial score (nSPS) is 10.2. The summed E-state index contributed by atoms with van der Waals surface area (Å²) in [5.74, 6) is -1.79. The topological polar surface area (TPSA) is 65.8 Å². The first-order valence-electron chi connectivity index (χ1n) is 4.80. The maximum absolute atomic E-state index is 13.2. The summed E-state index contributed by atoms with van der Waals surface area (Å²) in [6.07, 6.45) is 3.74. The van der Waals surface area contributed by atoms with Gasteiger partial charge >= 0.3 is 0 Å². The Morgan fingerprint density at radius 2 is 2.00 bits per heavy atom. The van der Waals surface area contributed by atoms with Gasteiger partial charge in [-0.05, 0) is 29.6 Å². The van der Waals surface area contributed by atoms with Crippen LogP contribution in [0.2, 0.25) is 0 Å².